The molecular weight excluding hydrogens is 256 g/mol. The van der Waals surface area contributed by atoms with Crippen LogP contribution in [0.15, 0.2) is 23.2 Å². The number of hydrogen-bond acceptors (Lipinski definition) is 3. The number of amidine groups is 1. The average Bonchev–Trinajstić information content (AvgIpc) is 2.31. The van der Waals surface area contributed by atoms with Crippen LogP contribution in [0, 0.1) is 13.8 Å². The third kappa shape index (κ3) is 3.00. The quantitative estimate of drug-likeness (QED) is 0.828. The Bertz CT molecular complexity index is 525. The maximum absolute atomic E-state index is 11.6. The lowest BCUT2D eigenvalue weighted by atomic mass is 10.1. The second kappa shape index (κ2) is 5.78. The zero-order valence-corrected chi connectivity index (χ0v) is 12.8. The molecule has 0 aromatic heterocycles. The molecule has 1 aromatic carbocycles. The second-order valence-corrected chi connectivity index (χ2v) is 6.17. The van der Waals surface area contributed by atoms with Crippen LogP contribution in [-0.2, 0) is 4.79 Å². The van der Waals surface area contributed by atoms with Crippen LogP contribution in [-0.4, -0.2) is 22.9 Å². The average molecular weight is 276 g/mol. The molecule has 0 saturated heterocycles. The first-order chi connectivity index (χ1) is 9.02. The number of nitrogens with zero attached hydrogens (tertiary/aromatic N) is 2. The Morgan fingerprint density at radius 1 is 1.42 bits per heavy atom. The number of carbonyl (C=O) groups excluding carboxylic acids is 1. The molecule has 1 aliphatic rings. The Morgan fingerprint density at radius 3 is 2.79 bits per heavy atom. The van der Waals surface area contributed by atoms with Gasteiger partial charge in [0.05, 0.1) is 0 Å². The first-order valence-electron chi connectivity index (χ1n) is 6.63. The summed E-state index contributed by atoms with van der Waals surface area (Å²) in [6.07, 6.45) is 0.487. The van der Waals surface area contributed by atoms with Gasteiger partial charge in [-0.15, -0.1) is 0 Å². The summed E-state index contributed by atoms with van der Waals surface area (Å²) in [5.41, 5.74) is 3.64. The Balaban J connectivity index is 2.44. The molecule has 1 unspecified atom stereocenters. The lowest BCUT2D eigenvalue weighted by molar-refractivity contribution is -0.118. The fourth-order valence-corrected chi connectivity index (χ4v) is 3.23. The van der Waals surface area contributed by atoms with Crippen LogP contribution in [0.25, 0.3) is 0 Å². The predicted molar refractivity (Wildman–Crippen MR) is 83.0 cm³/mol. The minimum atomic E-state index is -0.00975. The summed E-state index contributed by atoms with van der Waals surface area (Å²) >= 11 is 1.63. The van der Waals surface area contributed by atoms with E-state index in [0.29, 0.717) is 6.42 Å². The highest BCUT2D eigenvalue weighted by atomic mass is 32.2. The molecule has 1 amide bonds. The van der Waals surface area contributed by atoms with Crippen LogP contribution in [0.5, 0.6) is 0 Å². The monoisotopic (exact) mass is 276 g/mol. The number of thioether (sulfide) groups is 1. The third-order valence-corrected chi connectivity index (χ3v) is 4.06. The molecule has 0 spiro atoms. The highest BCUT2D eigenvalue weighted by Gasteiger charge is 2.28. The van der Waals surface area contributed by atoms with E-state index in [9.17, 15) is 4.79 Å². The minimum absolute atomic E-state index is 0.00975. The van der Waals surface area contributed by atoms with Gasteiger partial charge >= 0.3 is 0 Å². The smallest absolute Gasteiger partial charge is 0.250 e. The van der Waals surface area contributed by atoms with Crippen molar-refractivity contribution in [3.05, 3.63) is 29.3 Å². The molecule has 1 aromatic rings. The van der Waals surface area contributed by atoms with Crippen LogP contribution < -0.4 is 4.90 Å². The minimum Gasteiger partial charge on any atom is -0.317 e. The molecule has 1 heterocycles. The highest BCUT2D eigenvalue weighted by molar-refractivity contribution is 8.14. The third-order valence-electron chi connectivity index (χ3n) is 3.22. The Morgan fingerprint density at radius 2 is 2.16 bits per heavy atom. The van der Waals surface area contributed by atoms with Crippen LogP contribution >= 0.6 is 11.8 Å². The van der Waals surface area contributed by atoms with E-state index in [2.05, 4.69) is 55.8 Å². The topological polar surface area (TPSA) is 32.7 Å². The molecule has 4 heteroatoms. The number of rotatable bonds is 2. The van der Waals surface area contributed by atoms with Gasteiger partial charge in [-0.2, -0.15) is 4.99 Å². The van der Waals surface area contributed by atoms with E-state index in [1.54, 1.807) is 11.8 Å². The van der Waals surface area contributed by atoms with E-state index in [0.717, 1.165) is 16.6 Å². The van der Waals surface area contributed by atoms with E-state index in [-0.39, 0.29) is 11.9 Å². The first-order valence-corrected chi connectivity index (χ1v) is 7.62. The number of hydrogen-bond donors (Lipinski definition) is 0. The molecule has 0 aliphatic carbocycles. The Kier molecular flexibility index (Phi) is 4.30. The van der Waals surface area contributed by atoms with E-state index < -0.39 is 0 Å². The van der Waals surface area contributed by atoms with Gasteiger partial charge < -0.3 is 4.90 Å². The van der Waals surface area contributed by atoms with Crippen molar-refractivity contribution >= 4 is 28.5 Å². The maximum Gasteiger partial charge on any atom is 0.250 e. The number of amides is 1. The van der Waals surface area contributed by atoms with Gasteiger partial charge in [0.15, 0.2) is 5.17 Å². The summed E-state index contributed by atoms with van der Waals surface area (Å²) in [4.78, 5) is 18.1. The SMILES string of the molecule is CCSC1=NC(=O)CC(C)N1c1ccc(C)cc1C. The Hall–Kier alpha value is -1.29. The lowest BCUT2D eigenvalue weighted by Gasteiger charge is -2.35. The van der Waals surface area contributed by atoms with Gasteiger partial charge in [-0.3, -0.25) is 4.79 Å². The van der Waals surface area contributed by atoms with E-state index in [1.165, 1.54) is 11.1 Å². The van der Waals surface area contributed by atoms with Gasteiger partial charge in [-0.25, -0.2) is 0 Å². The molecule has 0 N–H and O–H groups in total. The van der Waals surface area contributed by atoms with Crippen molar-refractivity contribution in [2.45, 2.75) is 40.2 Å². The first kappa shape index (κ1) is 14.1. The molecule has 0 saturated carbocycles. The molecule has 0 radical (unpaired) electrons. The van der Waals surface area contributed by atoms with Crippen LogP contribution in [0.1, 0.15) is 31.4 Å². The van der Waals surface area contributed by atoms with Crippen LogP contribution in [0.2, 0.25) is 0 Å². The molecule has 1 atom stereocenters. The van der Waals surface area contributed by atoms with Gasteiger partial charge in [-0.1, -0.05) is 36.4 Å². The largest absolute Gasteiger partial charge is 0.317 e. The number of anilines is 1. The fraction of sp³-hybridized carbons (Fsp3) is 0.467. The van der Waals surface area contributed by atoms with Crippen molar-refractivity contribution in [3.63, 3.8) is 0 Å². The van der Waals surface area contributed by atoms with Gasteiger partial charge in [0.25, 0.3) is 0 Å². The number of aryl methyl sites for hydroxylation is 2. The van der Waals surface area contributed by atoms with E-state index >= 15 is 0 Å². The van der Waals surface area contributed by atoms with Crippen molar-refractivity contribution in [3.8, 4) is 0 Å². The molecular formula is C15H20N2OS. The van der Waals surface area contributed by atoms with Gasteiger partial charge in [-0.05, 0) is 38.2 Å². The molecule has 3 nitrogen and oxygen atoms in total. The second-order valence-electron chi connectivity index (χ2n) is 4.93. The normalized spacial score (nSPS) is 19.6. The van der Waals surface area contributed by atoms with Crippen molar-refractivity contribution < 1.29 is 4.79 Å². The highest BCUT2D eigenvalue weighted by Crippen LogP contribution is 2.30. The number of benzene rings is 1. The summed E-state index contributed by atoms with van der Waals surface area (Å²) < 4.78 is 0. The van der Waals surface area contributed by atoms with Crippen molar-refractivity contribution in [1.29, 1.82) is 0 Å². The molecule has 0 fully saturated rings. The van der Waals surface area contributed by atoms with Gasteiger partial charge in [0.1, 0.15) is 0 Å². The lowest BCUT2D eigenvalue weighted by Crippen LogP contribution is -2.42. The predicted octanol–water partition coefficient (Wildman–Crippen LogP) is 3.54. The summed E-state index contributed by atoms with van der Waals surface area (Å²) in [7, 11) is 0. The zero-order valence-electron chi connectivity index (χ0n) is 11.9. The van der Waals surface area contributed by atoms with Crippen LogP contribution in [0.4, 0.5) is 5.69 Å². The standard InChI is InChI=1S/C15H20N2OS/c1-5-19-15-16-14(18)9-12(4)17(15)13-7-6-10(2)8-11(13)3/h6-8,12H,5,9H2,1-4H3. The van der Waals surface area contributed by atoms with E-state index in [4.69, 9.17) is 0 Å². The van der Waals surface area contributed by atoms with Gasteiger partial charge in [0, 0.05) is 18.2 Å². The van der Waals surface area contributed by atoms with Crippen molar-refractivity contribution in [1.82, 2.24) is 0 Å². The van der Waals surface area contributed by atoms with Crippen molar-refractivity contribution in [2.75, 3.05) is 10.7 Å². The van der Waals surface area contributed by atoms with E-state index in [1.807, 2.05) is 0 Å². The molecule has 19 heavy (non-hydrogen) atoms. The van der Waals surface area contributed by atoms with Crippen LogP contribution in [0.3, 0.4) is 0 Å². The zero-order chi connectivity index (χ0) is 14.0. The summed E-state index contributed by atoms with van der Waals surface area (Å²) in [6.45, 7) is 8.37. The summed E-state index contributed by atoms with van der Waals surface area (Å²) in [5, 5.41) is 0.832. The number of carbonyl (C=O) groups is 1. The molecule has 2 rings (SSSR count). The molecule has 1 aliphatic heterocycles. The summed E-state index contributed by atoms with van der Waals surface area (Å²) in [6, 6.07) is 6.58. The molecule has 102 valence electrons. The maximum atomic E-state index is 11.6. The van der Waals surface area contributed by atoms with Gasteiger partial charge in [0.2, 0.25) is 5.91 Å². The fourth-order valence-electron chi connectivity index (χ4n) is 2.39. The number of aliphatic imine (C=N–C) groups is 1. The summed E-state index contributed by atoms with van der Waals surface area (Å²) in [5.74, 6) is 0.907. The Labute approximate surface area is 119 Å². The molecule has 0 bridgehead atoms. The van der Waals surface area contributed by atoms with Crippen molar-refractivity contribution in [2.24, 2.45) is 4.99 Å².